The molecule has 0 aliphatic rings. The van der Waals surface area contributed by atoms with Gasteiger partial charge in [-0.1, -0.05) is 0 Å². The van der Waals surface area contributed by atoms with E-state index in [0.717, 1.165) is 4.90 Å². The molecule has 9 nitrogen and oxygen atoms in total. The van der Waals surface area contributed by atoms with Gasteiger partial charge in [0.1, 0.15) is 23.0 Å². The van der Waals surface area contributed by atoms with E-state index in [4.69, 9.17) is 18.9 Å². The van der Waals surface area contributed by atoms with Crippen LogP contribution >= 0.6 is 0 Å². The fourth-order valence-electron chi connectivity index (χ4n) is 2.87. The number of benzene rings is 2. The van der Waals surface area contributed by atoms with Gasteiger partial charge in [-0.2, -0.15) is 0 Å². The molecule has 1 heterocycles. The van der Waals surface area contributed by atoms with Gasteiger partial charge in [0.15, 0.2) is 0 Å². The number of imide groups is 1. The van der Waals surface area contributed by atoms with Crippen LogP contribution < -0.4 is 23.8 Å². The van der Waals surface area contributed by atoms with E-state index in [2.05, 4.69) is 9.97 Å². The summed E-state index contributed by atoms with van der Waals surface area (Å²) < 4.78 is 21.0. The minimum atomic E-state index is -0.673. The molecule has 0 saturated heterocycles. The van der Waals surface area contributed by atoms with Gasteiger partial charge in [-0.05, 0) is 30.3 Å². The molecule has 0 saturated carbocycles. The average Bonchev–Trinajstić information content (AvgIpc) is 2.83. The largest absolute Gasteiger partial charge is 0.497 e. The van der Waals surface area contributed by atoms with Crippen LogP contribution in [0.5, 0.6) is 23.0 Å². The van der Waals surface area contributed by atoms with Crippen molar-refractivity contribution in [3.63, 3.8) is 0 Å². The minimum Gasteiger partial charge on any atom is -0.497 e. The number of hydrogen-bond donors (Lipinski definition) is 0. The van der Waals surface area contributed by atoms with Crippen LogP contribution in [-0.4, -0.2) is 50.2 Å². The maximum atomic E-state index is 13.5. The predicted octanol–water partition coefficient (Wildman–Crippen LogP) is 3.00. The first-order chi connectivity index (χ1) is 15.0. The van der Waals surface area contributed by atoms with Gasteiger partial charge in [-0.15, -0.1) is 0 Å². The van der Waals surface area contributed by atoms with Crippen molar-refractivity contribution in [2.75, 3.05) is 33.3 Å². The first kappa shape index (κ1) is 21.6. The van der Waals surface area contributed by atoms with Crippen molar-refractivity contribution in [2.24, 2.45) is 0 Å². The maximum absolute atomic E-state index is 13.5. The highest BCUT2D eigenvalue weighted by Gasteiger charge is 2.32. The smallest absolute Gasteiger partial charge is 0.271 e. The molecular formula is C22H21N3O6. The molecule has 0 aliphatic heterocycles. The third-order valence-corrected chi connectivity index (χ3v) is 4.44. The first-order valence-corrected chi connectivity index (χ1v) is 9.13. The zero-order chi connectivity index (χ0) is 22.4. The molecule has 0 atom stereocenters. The molecule has 0 fully saturated rings. The van der Waals surface area contributed by atoms with Gasteiger partial charge in [0.05, 0.1) is 39.6 Å². The average molecular weight is 423 g/mol. The van der Waals surface area contributed by atoms with Crippen LogP contribution in [0.2, 0.25) is 0 Å². The number of hydrogen-bond acceptors (Lipinski definition) is 8. The van der Waals surface area contributed by atoms with Crippen LogP contribution in [0.1, 0.15) is 20.7 Å². The summed E-state index contributed by atoms with van der Waals surface area (Å²) in [5.74, 6) is 0.0352. The lowest BCUT2D eigenvalue weighted by atomic mass is 10.1. The zero-order valence-electron chi connectivity index (χ0n) is 17.5. The van der Waals surface area contributed by atoms with Crippen LogP contribution in [0.4, 0.5) is 5.95 Å². The number of ether oxygens (including phenoxy) is 4. The second kappa shape index (κ2) is 9.57. The van der Waals surface area contributed by atoms with Crippen LogP contribution in [0.3, 0.4) is 0 Å². The minimum absolute atomic E-state index is 0.0896. The van der Waals surface area contributed by atoms with Gasteiger partial charge in [0.2, 0.25) is 5.95 Å². The van der Waals surface area contributed by atoms with Crippen molar-refractivity contribution in [1.29, 1.82) is 0 Å². The van der Waals surface area contributed by atoms with E-state index in [1.165, 1.54) is 53.0 Å². The predicted molar refractivity (Wildman–Crippen MR) is 112 cm³/mol. The molecule has 1 aromatic heterocycles. The van der Waals surface area contributed by atoms with E-state index in [1.54, 1.807) is 30.3 Å². The Balaban J connectivity index is 2.13. The lowest BCUT2D eigenvalue weighted by Gasteiger charge is -2.21. The van der Waals surface area contributed by atoms with Crippen molar-refractivity contribution in [3.05, 3.63) is 66.0 Å². The topological polar surface area (TPSA) is 100 Å². The maximum Gasteiger partial charge on any atom is 0.271 e. The van der Waals surface area contributed by atoms with Crippen molar-refractivity contribution < 1.29 is 28.5 Å². The molecule has 160 valence electrons. The van der Waals surface area contributed by atoms with Crippen molar-refractivity contribution >= 4 is 17.8 Å². The highest BCUT2D eigenvalue weighted by Crippen LogP contribution is 2.30. The molecule has 3 aromatic rings. The number of anilines is 1. The Morgan fingerprint density at radius 1 is 0.710 bits per heavy atom. The molecular weight excluding hydrogens is 402 g/mol. The fraction of sp³-hybridized carbons (Fsp3) is 0.182. The summed E-state index contributed by atoms with van der Waals surface area (Å²) in [5.41, 5.74) is 0.271. The molecule has 31 heavy (non-hydrogen) atoms. The molecule has 2 aromatic carbocycles. The van der Waals surface area contributed by atoms with Gasteiger partial charge < -0.3 is 18.9 Å². The second-order valence-corrected chi connectivity index (χ2v) is 6.13. The molecule has 3 rings (SSSR count). The summed E-state index contributed by atoms with van der Waals surface area (Å²) in [5, 5.41) is 0. The highest BCUT2D eigenvalue weighted by atomic mass is 16.5. The third kappa shape index (κ3) is 4.40. The Bertz CT molecular complexity index is 1020. The van der Waals surface area contributed by atoms with Gasteiger partial charge in [0.25, 0.3) is 11.8 Å². The Morgan fingerprint density at radius 2 is 1.16 bits per heavy atom. The Labute approximate surface area is 179 Å². The van der Waals surface area contributed by atoms with E-state index < -0.39 is 11.8 Å². The quantitative estimate of drug-likeness (QED) is 0.535. The Hall–Kier alpha value is -4.14. The number of amides is 2. The van der Waals surface area contributed by atoms with Gasteiger partial charge in [-0.3, -0.25) is 9.59 Å². The van der Waals surface area contributed by atoms with Crippen LogP contribution in [0, 0.1) is 0 Å². The lowest BCUT2D eigenvalue weighted by Crippen LogP contribution is -2.38. The van der Waals surface area contributed by atoms with Crippen molar-refractivity contribution in [3.8, 4) is 23.0 Å². The van der Waals surface area contributed by atoms with E-state index in [1.807, 2.05) is 0 Å². The van der Waals surface area contributed by atoms with Crippen LogP contribution in [-0.2, 0) is 0 Å². The highest BCUT2D eigenvalue weighted by molar-refractivity contribution is 6.26. The standard InChI is InChI=1S/C22H21N3O6/c1-28-14-6-8-16(18(12-14)30-3)20(26)25(22-23-10-5-11-24-22)21(27)17-9-7-15(29-2)13-19(17)31-4/h5-13H,1-4H3. The molecule has 2 amide bonds. The van der Waals surface area contributed by atoms with Gasteiger partial charge >= 0.3 is 0 Å². The molecule has 0 aliphatic carbocycles. The van der Waals surface area contributed by atoms with Crippen molar-refractivity contribution in [2.45, 2.75) is 0 Å². The van der Waals surface area contributed by atoms with Crippen LogP contribution in [0.25, 0.3) is 0 Å². The zero-order valence-corrected chi connectivity index (χ0v) is 17.5. The molecule has 0 N–H and O–H groups in total. The normalized spacial score (nSPS) is 10.2. The number of rotatable bonds is 7. The number of nitrogens with zero attached hydrogens (tertiary/aromatic N) is 3. The third-order valence-electron chi connectivity index (χ3n) is 4.44. The molecule has 0 unspecified atom stereocenters. The summed E-state index contributed by atoms with van der Waals surface area (Å²) in [6.07, 6.45) is 2.87. The number of carbonyl (C=O) groups is 2. The first-order valence-electron chi connectivity index (χ1n) is 9.13. The lowest BCUT2D eigenvalue weighted by molar-refractivity contribution is 0.0892. The summed E-state index contributed by atoms with van der Waals surface area (Å²) in [4.78, 5) is 36.1. The van der Waals surface area contributed by atoms with Crippen molar-refractivity contribution in [1.82, 2.24) is 9.97 Å². The summed E-state index contributed by atoms with van der Waals surface area (Å²) in [6.45, 7) is 0. The Kier molecular flexibility index (Phi) is 6.66. The molecule has 0 bridgehead atoms. The summed E-state index contributed by atoms with van der Waals surface area (Å²) >= 11 is 0. The van der Waals surface area contributed by atoms with E-state index in [0.29, 0.717) is 11.5 Å². The number of carbonyl (C=O) groups excluding carboxylic acids is 2. The molecule has 0 spiro atoms. The second-order valence-electron chi connectivity index (χ2n) is 6.13. The van der Waals surface area contributed by atoms with Gasteiger partial charge in [-0.25, -0.2) is 14.9 Å². The van der Waals surface area contributed by atoms with Crippen LogP contribution in [0.15, 0.2) is 54.9 Å². The number of aromatic nitrogens is 2. The van der Waals surface area contributed by atoms with Gasteiger partial charge in [0, 0.05) is 24.5 Å². The molecule has 9 heteroatoms. The monoisotopic (exact) mass is 423 g/mol. The fourth-order valence-corrected chi connectivity index (χ4v) is 2.87. The number of methoxy groups -OCH3 is 4. The summed E-state index contributed by atoms with van der Waals surface area (Å²) in [7, 11) is 5.84. The Morgan fingerprint density at radius 3 is 1.55 bits per heavy atom. The summed E-state index contributed by atoms with van der Waals surface area (Å²) in [6, 6.07) is 10.9. The van der Waals surface area contributed by atoms with E-state index >= 15 is 0 Å². The SMILES string of the molecule is COc1ccc(C(=O)N(C(=O)c2ccc(OC)cc2OC)c2ncccn2)c(OC)c1. The molecule has 0 radical (unpaired) electrons. The van der Waals surface area contributed by atoms with E-state index in [9.17, 15) is 9.59 Å². The van der Waals surface area contributed by atoms with E-state index in [-0.39, 0.29) is 28.6 Å².